The highest BCUT2D eigenvalue weighted by molar-refractivity contribution is 8.00. The maximum Gasteiger partial charge on any atom is 0.306 e. The van der Waals surface area contributed by atoms with Gasteiger partial charge in [0.1, 0.15) is 31.8 Å². The van der Waals surface area contributed by atoms with Gasteiger partial charge in [-0.05, 0) is 98.7 Å². The van der Waals surface area contributed by atoms with Crippen LogP contribution in [0.4, 0.5) is 0 Å². The predicted molar refractivity (Wildman–Crippen MR) is 231 cm³/mol. The molecule has 12 heteroatoms. The minimum absolute atomic E-state index is 0.189. The zero-order valence-electron chi connectivity index (χ0n) is 33.1. The fourth-order valence-electron chi connectivity index (χ4n) is 10.3. The number of rotatable bonds is 24. The number of carbonyl (C=O) groups excluding carboxylic acids is 4. The number of allylic oxidation sites excluding steroid dienone is 8. The van der Waals surface area contributed by atoms with Crippen LogP contribution in [-0.2, 0) is 38.1 Å². The molecule has 8 aliphatic rings. The van der Waals surface area contributed by atoms with Gasteiger partial charge in [0, 0.05) is 44.0 Å². The Bertz CT molecular complexity index is 1350. The van der Waals surface area contributed by atoms with Crippen molar-refractivity contribution in [2.24, 2.45) is 52.8 Å². The van der Waals surface area contributed by atoms with Crippen LogP contribution in [0.15, 0.2) is 48.6 Å². The summed E-state index contributed by atoms with van der Waals surface area (Å²) in [7, 11) is 0. The third-order valence-corrected chi connectivity index (χ3v) is 19.2. The smallest absolute Gasteiger partial charge is 0.306 e. The van der Waals surface area contributed by atoms with Gasteiger partial charge in [0.2, 0.25) is 0 Å². The van der Waals surface area contributed by atoms with Crippen LogP contribution in [0.1, 0.15) is 77.0 Å². The summed E-state index contributed by atoms with van der Waals surface area (Å²) >= 11 is 7.34. The van der Waals surface area contributed by atoms with Crippen LogP contribution in [0, 0.1) is 52.8 Å². The lowest BCUT2D eigenvalue weighted by Gasteiger charge is -2.31. The van der Waals surface area contributed by atoms with Crippen molar-refractivity contribution >= 4 is 70.9 Å². The number of esters is 4. The third kappa shape index (κ3) is 11.3. The Hall–Kier alpha value is -1.76. The van der Waals surface area contributed by atoms with Gasteiger partial charge < -0.3 is 18.9 Å². The fraction of sp³-hybridized carbons (Fsp3) is 0.733. The molecule has 0 saturated heterocycles. The van der Waals surface area contributed by atoms with Gasteiger partial charge in [-0.2, -0.15) is 47.0 Å². The number of fused-ring (bicyclic) bond motifs is 8. The van der Waals surface area contributed by atoms with Gasteiger partial charge in [0.25, 0.3) is 0 Å². The zero-order chi connectivity index (χ0) is 39.2. The topological polar surface area (TPSA) is 105 Å². The molecule has 0 aromatic carbocycles. The molecule has 0 spiro atoms. The molecule has 0 aromatic rings. The summed E-state index contributed by atoms with van der Waals surface area (Å²) in [5.41, 5.74) is -1.23. The van der Waals surface area contributed by atoms with Crippen molar-refractivity contribution in [2.45, 2.75) is 98.0 Å². The predicted octanol–water partition coefficient (Wildman–Crippen LogP) is 8.50. The molecule has 4 saturated carbocycles. The normalized spacial score (nSPS) is 35.4. The Labute approximate surface area is 356 Å². The van der Waals surface area contributed by atoms with Crippen LogP contribution in [0.3, 0.4) is 0 Å². The van der Waals surface area contributed by atoms with Gasteiger partial charge in [-0.3, -0.25) is 19.2 Å². The minimum atomic E-state index is -1.23. The standard InChI is InChI=1S/C45H60O8S4/c46-41(9-13-54-37-21-29-1-5-33(37)17-29)50-25-45(26-51-42(47)10-14-55-38-22-30-2-6-34(38)18-30,27-52-43(48)11-15-56-39-23-31-3-7-35(39)19-31)28-53-44(49)12-16-57-40-24-32-4-8-36(40)20-32/h1-8,29-40H,9-28H2. The highest BCUT2D eigenvalue weighted by atomic mass is 32.2. The largest absolute Gasteiger partial charge is 0.465 e. The first-order valence-corrected chi connectivity index (χ1v) is 25.8. The second-order valence-electron chi connectivity index (χ2n) is 17.9. The number of carbonyl (C=O) groups is 4. The molecule has 8 rings (SSSR count). The average molecular weight is 857 g/mol. The Balaban J connectivity index is 0.860. The lowest BCUT2D eigenvalue weighted by Crippen LogP contribution is -2.44. The van der Waals surface area contributed by atoms with Crippen molar-refractivity contribution in [1.82, 2.24) is 0 Å². The molecule has 0 amide bonds. The lowest BCUT2D eigenvalue weighted by molar-refractivity contribution is -0.170. The number of hydrogen-bond acceptors (Lipinski definition) is 12. The van der Waals surface area contributed by atoms with Crippen LogP contribution >= 0.6 is 47.0 Å². The van der Waals surface area contributed by atoms with Gasteiger partial charge in [-0.25, -0.2) is 0 Å². The van der Waals surface area contributed by atoms with Crippen molar-refractivity contribution in [2.75, 3.05) is 49.4 Å². The van der Waals surface area contributed by atoms with Crippen molar-refractivity contribution < 1.29 is 38.1 Å². The van der Waals surface area contributed by atoms with Gasteiger partial charge >= 0.3 is 23.9 Å². The second-order valence-corrected chi connectivity index (χ2v) is 23.3. The fourth-order valence-corrected chi connectivity index (χ4v) is 16.0. The zero-order valence-corrected chi connectivity index (χ0v) is 36.4. The first-order valence-electron chi connectivity index (χ1n) is 21.6. The number of hydrogen-bond donors (Lipinski definition) is 0. The van der Waals surface area contributed by atoms with Gasteiger partial charge in [0.15, 0.2) is 0 Å². The summed E-state index contributed by atoms with van der Waals surface area (Å²) < 4.78 is 23.6. The van der Waals surface area contributed by atoms with Crippen molar-refractivity contribution in [3.05, 3.63) is 48.6 Å². The highest BCUT2D eigenvalue weighted by Gasteiger charge is 2.41. The second kappa shape index (κ2) is 19.7. The summed E-state index contributed by atoms with van der Waals surface area (Å²) in [4.78, 5) is 52.8. The molecule has 0 aliphatic heterocycles. The first kappa shape index (κ1) is 42.0. The summed E-state index contributed by atoms with van der Waals surface area (Å²) in [6.07, 6.45) is 29.1. The molecule has 312 valence electrons. The Morgan fingerprint density at radius 3 is 0.825 bits per heavy atom. The van der Waals surface area contributed by atoms with Crippen molar-refractivity contribution in [3.63, 3.8) is 0 Å². The lowest BCUT2D eigenvalue weighted by atomic mass is 9.92. The maximum atomic E-state index is 13.2. The molecule has 0 heterocycles. The molecule has 0 radical (unpaired) electrons. The Morgan fingerprint density at radius 2 is 0.632 bits per heavy atom. The van der Waals surface area contributed by atoms with Crippen LogP contribution in [0.25, 0.3) is 0 Å². The highest BCUT2D eigenvalue weighted by Crippen LogP contribution is 2.48. The van der Waals surface area contributed by atoms with Gasteiger partial charge in [-0.15, -0.1) is 0 Å². The monoisotopic (exact) mass is 856 g/mol. The third-order valence-electron chi connectivity index (χ3n) is 13.6. The van der Waals surface area contributed by atoms with Crippen LogP contribution in [-0.4, -0.2) is 94.3 Å². The van der Waals surface area contributed by atoms with E-state index in [0.717, 1.165) is 25.7 Å². The van der Waals surface area contributed by atoms with Crippen LogP contribution in [0.5, 0.6) is 0 Å². The van der Waals surface area contributed by atoms with E-state index in [4.69, 9.17) is 18.9 Å². The molecule has 0 N–H and O–H groups in total. The molecular weight excluding hydrogens is 797 g/mol. The van der Waals surface area contributed by atoms with Crippen LogP contribution in [0.2, 0.25) is 0 Å². The van der Waals surface area contributed by atoms with E-state index in [0.29, 0.717) is 91.4 Å². The van der Waals surface area contributed by atoms with Crippen molar-refractivity contribution in [3.8, 4) is 0 Å². The SMILES string of the molecule is O=C(CCSC1CC2C=CC1C2)OCC(COC(=O)CCSC1CC2C=CC1C2)(COC(=O)CCSC1CC2C=CC1C2)COC(=O)CCSC1CC2C=CC1C2. The first-order chi connectivity index (χ1) is 27.8. The summed E-state index contributed by atoms with van der Waals surface area (Å²) in [6, 6.07) is 0. The quantitative estimate of drug-likeness (QED) is 0.0528. The Morgan fingerprint density at radius 1 is 0.386 bits per heavy atom. The molecule has 12 unspecified atom stereocenters. The maximum absolute atomic E-state index is 13.2. The van der Waals surface area contributed by atoms with Gasteiger partial charge in [0.05, 0.1) is 25.7 Å². The van der Waals surface area contributed by atoms with E-state index in [1.165, 1.54) is 25.7 Å². The Kier molecular flexibility index (Phi) is 14.5. The summed E-state index contributed by atoms with van der Waals surface area (Å²) in [5.74, 6) is 6.26. The van der Waals surface area contributed by atoms with E-state index in [1.54, 1.807) is 0 Å². The van der Waals surface area contributed by atoms with E-state index in [1.807, 2.05) is 47.0 Å². The van der Waals surface area contributed by atoms with Gasteiger partial charge in [-0.1, -0.05) is 48.6 Å². The summed E-state index contributed by atoms with van der Waals surface area (Å²) in [5, 5.41) is 2.17. The molecule has 12 atom stereocenters. The van der Waals surface area contributed by atoms with E-state index in [-0.39, 0.29) is 76.0 Å². The minimum Gasteiger partial charge on any atom is -0.465 e. The van der Waals surface area contributed by atoms with Crippen molar-refractivity contribution in [1.29, 1.82) is 0 Å². The molecular formula is C45H60O8S4. The van der Waals surface area contributed by atoms with E-state index in [2.05, 4.69) is 48.6 Å². The molecule has 8 nitrogen and oxygen atoms in total. The summed E-state index contributed by atoms with van der Waals surface area (Å²) in [6.45, 7) is -0.754. The molecule has 8 aliphatic carbocycles. The van der Waals surface area contributed by atoms with E-state index in [9.17, 15) is 19.2 Å². The molecule has 4 fully saturated rings. The number of thioether (sulfide) groups is 4. The molecule has 57 heavy (non-hydrogen) atoms. The molecule has 8 bridgehead atoms. The van der Waals surface area contributed by atoms with Crippen LogP contribution < -0.4 is 0 Å². The number of ether oxygens (including phenoxy) is 4. The molecule has 0 aromatic heterocycles. The van der Waals surface area contributed by atoms with E-state index < -0.39 is 5.41 Å². The van der Waals surface area contributed by atoms with E-state index >= 15 is 0 Å². The average Bonchev–Trinajstić information content (AvgIpc) is 4.07.